The molecule has 0 saturated carbocycles. The minimum absolute atomic E-state index is 0.184. The molecule has 0 spiro atoms. The van der Waals surface area contributed by atoms with E-state index in [0.717, 1.165) is 13.8 Å². The maximum absolute atomic E-state index is 11.3. The number of carbonyl (C=O) groups is 3. The van der Waals surface area contributed by atoms with Crippen LogP contribution in [0.15, 0.2) is 0 Å². The van der Waals surface area contributed by atoms with Crippen molar-refractivity contribution in [2.24, 2.45) is 0 Å². The molecule has 0 aromatic heterocycles. The van der Waals surface area contributed by atoms with Crippen LogP contribution in [0.3, 0.4) is 0 Å². The molecule has 1 aliphatic rings. The summed E-state index contributed by atoms with van der Waals surface area (Å²) >= 11 is 0. The van der Waals surface area contributed by atoms with Crippen LogP contribution in [-0.4, -0.2) is 117 Å². The Morgan fingerprint density at radius 2 is 1.72 bits per heavy atom. The highest BCUT2D eigenvalue weighted by atomic mass is 16.7. The van der Waals surface area contributed by atoms with Gasteiger partial charge in [-0.1, -0.05) is 0 Å². The van der Waals surface area contributed by atoms with Crippen LogP contribution in [0.5, 0.6) is 0 Å². The highest BCUT2D eigenvalue weighted by Gasteiger charge is 2.45. The lowest BCUT2D eigenvalue weighted by atomic mass is 9.97. The minimum Gasteiger partial charge on any atom is -0.394 e. The fourth-order valence-corrected chi connectivity index (χ4v) is 2.78. The summed E-state index contributed by atoms with van der Waals surface area (Å²) in [7, 11) is 0. The van der Waals surface area contributed by atoms with Gasteiger partial charge in [0.25, 0.3) is 0 Å². The van der Waals surface area contributed by atoms with Crippen molar-refractivity contribution in [2.75, 3.05) is 13.2 Å². The zero-order valence-electron chi connectivity index (χ0n) is 15.9. The van der Waals surface area contributed by atoms with E-state index >= 15 is 0 Å². The van der Waals surface area contributed by atoms with E-state index in [4.69, 9.17) is 9.47 Å². The molecule has 9 atom stereocenters. The van der Waals surface area contributed by atoms with Crippen LogP contribution in [0.25, 0.3) is 0 Å². The molecule has 0 unspecified atom stereocenters. The van der Waals surface area contributed by atoms with Gasteiger partial charge in [0, 0.05) is 13.8 Å². The summed E-state index contributed by atoms with van der Waals surface area (Å²) in [6, 6.07) is -2.74. The molecule has 0 aromatic rings. The molecule has 13 nitrogen and oxygen atoms in total. The number of hydrogen-bond donors (Lipinski definition) is 8. The molecule has 0 bridgehead atoms. The van der Waals surface area contributed by atoms with Crippen molar-refractivity contribution in [3.05, 3.63) is 0 Å². The van der Waals surface area contributed by atoms with Gasteiger partial charge in [0.05, 0.1) is 13.2 Å². The van der Waals surface area contributed by atoms with E-state index in [0.29, 0.717) is 0 Å². The number of nitrogens with one attached hydrogen (secondary N) is 2. The van der Waals surface area contributed by atoms with Gasteiger partial charge < -0.3 is 55.5 Å². The lowest BCUT2D eigenvalue weighted by Crippen LogP contribution is -2.65. The van der Waals surface area contributed by atoms with Crippen molar-refractivity contribution in [2.45, 2.75) is 68.8 Å². The first-order valence-corrected chi connectivity index (χ1v) is 8.81. The van der Waals surface area contributed by atoms with Crippen LogP contribution in [-0.2, 0) is 23.9 Å². The largest absolute Gasteiger partial charge is 0.394 e. The molecule has 168 valence electrons. The second-order valence-corrected chi connectivity index (χ2v) is 6.68. The number of aliphatic hydroxyl groups excluding tert-OH is 6. The average molecular weight is 424 g/mol. The maximum atomic E-state index is 11.3. The molecule has 1 heterocycles. The third-order valence-electron chi connectivity index (χ3n) is 4.31. The van der Waals surface area contributed by atoms with E-state index in [1.54, 1.807) is 0 Å². The Labute approximate surface area is 166 Å². The summed E-state index contributed by atoms with van der Waals surface area (Å²) in [5.41, 5.74) is 0. The van der Waals surface area contributed by atoms with E-state index in [2.05, 4.69) is 10.6 Å². The summed E-state index contributed by atoms with van der Waals surface area (Å²) in [5.74, 6) is -1.23. The van der Waals surface area contributed by atoms with Gasteiger partial charge in [-0.05, 0) is 0 Å². The standard InChI is InChI=1S/C16H28N2O11/c1-6(21)17-8(3-19)12(24)13(25)9(23)5-28-16-11(18-7(2)22)15(27)14(26)10(4-20)29-16/h3,8-16,20,23-27H,4-5H2,1-2H3,(H,17,21)(H,18,22)/t8-,9+,10+,11+,12+,13-,14+,15+,16+/m0/s1. The third-order valence-corrected chi connectivity index (χ3v) is 4.31. The monoisotopic (exact) mass is 424 g/mol. The molecule has 1 fully saturated rings. The predicted octanol–water partition coefficient (Wildman–Crippen LogP) is -5.27. The molecular formula is C16H28N2O11. The summed E-state index contributed by atoms with van der Waals surface area (Å²) in [5, 5.41) is 63.7. The quantitative estimate of drug-likeness (QED) is 0.155. The fraction of sp³-hybridized carbons (Fsp3) is 0.812. The number of aliphatic hydroxyl groups is 6. The van der Waals surface area contributed by atoms with Crippen molar-refractivity contribution in [1.82, 2.24) is 10.6 Å². The Kier molecular flexibility index (Phi) is 10.0. The van der Waals surface area contributed by atoms with Crippen LogP contribution in [0.4, 0.5) is 0 Å². The predicted molar refractivity (Wildman–Crippen MR) is 93.0 cm³/mol. The van der Waals surface area contributed by atoms with Crippen LogP contribution in [0.1, 0.15) is 13.8 Å². The first kappa shape index (κ1) is 25.3. The molecule has 1 rings (SSSR count). The average Bonchev–Trinajstić information content (AvgIpc) is 2.67. The minimum atomic E-state index is -1.91. The highest BCUT2D eigenvalue weighted by molar-refractivity contribution is 5.77. The van der Waals surface area contributed by atoms with Gasteiger partial charge in [-0.15, -0.1) is 0 Å². The smallest absolute Gasteiger partial charge is 0.217 e. The van der Waals surface area contributed by atoms with Crippen molar-refractivity contribution in [3.63, 3.8) is 0 Å². The van der Waals surface area contributed by atoms with Crippen molar-refractivity contribution >= 4 is 18.1 Å². The lowest BCUT2D eigenvalue weighted by molar-refractivity contribution is -0.277. The van der Waals surface area contributed by atoms with Gasteiger partial charge in [0.2, 0.25) is 11.8 Å². The summed E-state index contributed by atoms with van der Waals surface area (Å²) < 4.78 is 10.5. The molecule has 1 saturated heterocycles. The van der Waals surface area contributed by atoms with E-state index in [1.165, 1.54) is 0 Å². The van der Waals surface area contributed by atoms with Crippen LogP contribution >= 0.6 is 0 Å². The first-order chi connectivity index (χ1) is 13.5. The topological polar surface area (TPSA) is 215 Å². The molecule has 1 aliphatic heterocycles. The lowest BCUT2D eigenvalue weighted by Gasteiger charge is -2.42. The third kappa shape index (κ3) is 6.94. The zero-order chi connectivity index (χ0) is 22.3. The fourth-order valence-electron chi connectivity index (χ4n) is 2.78. The Hall–Kier alpha value is -1.71. The summed E-state index contributed by atoms with van der Waals surface area (Å²) in [6.07, 6.45) is -11.1. The van der Waals surface area contributed by atoms with Gasteiger partial charge in [0.1, 0.15) is 55.0 Å². The Bertz CT molecular complexity index is 563. The van der Waals surface area contributed by atoms with E-state index in [-0.39, 0.29) is 6.29 Å². The Balaban J connectivity index is 2.79. The molecule has 2 amide bonds. The second-order valence-electron chi connectivity index (χ2n) is 6.68. The first-order valence-electron chi connectivity index (χ1n) is 8.81. The number of hydrogen-bond acceptors (Lipinski definition) is 11. The Morgan fingerprint density at radius 1 is 1.10 bits per heavy atom. The normalized spacial score (nSPS) is 31.2. The van der Waals surface area contributed by atoms with Crippen LogP contribution in [0, 0.1) is 0 Å². The number of amides is 2. The van der Waals surface area contributed by atoms with Crippen molar-refractivity contribution in [3.8, 4) is 0 Å². The Morgan fingerprint density at radius 3 is 2.21 bits per heavy atom. The highest BCUT2D eigenvalue weighted by Crippen LogP contribution is 2.22. The van der Waals surface area contributed by atoms with Crippen molar-refractivity contribution < 1.29 is 54.5 Å². The van der Waals surface area contributed by atoms with E-state index in [9.17, 15) is 45.0 Å². The molecular weight excluding hydrogens is 396 g/mol. The van der Waals surface area contributed by atoms with Gasteiger partial charge in [-0.25, -0.2) is 0 Å². The van der Waals surface area contributed by atoms with E-state index in [1.807, 2.05) is 0 Å². The SMILES string of the molecule is CC(=O)N[C@H]1[C@H](OC[C@@H](O)[C@H](O)[C@H](O)[C@H](C=O)NC(C)=O)O[C@H](CO)[C@@H](O)[C@@H]1O. The van der Waals surface area contributed by atoms with Gasteiger partial charge >= 0.3 is 0 Å². The summed E-state index contributed by atoms with van der Waals surface area (Å²) in [6.45, 7) is 0.873. The number of carbonyl (C=O) groups excluding carboxylic acids is 3. The molecule has 0 aromatic carbocycles. The molecule has 0 radical (unpaired) electrons. The molecule has 29 heavy (non-hydrogen) atoms. The molecule has 13 heteroatoms. The number of ether oxygens (including phenoxy) is 2. The van der Waals surface area contributed by atoms with Gasteiger partial charge in [-0.2, -0.15) is 0 Å². The number of aldehydes is 1. The zero-order valence-corrected chi connectivity index (χ0v) is 15.9. The van der Waals surface area contributed by atoms with Crippen LogP contribution in [0.2, 0.25) is 0 Å². The maximum Gasteiger partial charge on any atom is 0.217 e. The summed E-state index contributed by atoms with van der Waals surface area (Å²) in [4.78, 5) is 33.3. The van der Waals surface area contributed by atoms with Crippen molar-refractivity contribution in [1.29, 1.82) is 0 Å². The van der Waals surface area contributed by atoms with E-state index < -0.39 is 80.0 Å². The van der Waals surface area contributed by atoms with Gasteiger partial charge in [-0.3, -0.25) is 9.59 Å². The molecule has 0 aliphatic carbocycles. The number of rotatable bonds is 10. The molecule has 8 N–H and O–H groups in total. The second kappa shape index (κ2) is 11.5. The van der Waals surface area contributed by atoms with Gasteiger partial charge in [0.15, 0.2) is 6.29 Å². The van der Waals surface area contributed by atoms with Crippen LogP contribution < -0.4 is 10.6 Å².